The SMILES string of the molecule is CC(O)(CNCCCN)c1ccccc1. The maximum atomic E-state index is 10.2. The van der Waals surface area contributed by atoms with Crippen molar-refractivity contribution in [1.29, 1.82) is 0 Å². The smallest absolute Gasteiger partial charge is 0.0992 e. The molecule has 1 aromatic rings. The second kappa shape index (κ2) is 5.85. The van der Waals surface area contributed by atoms with E-state index in [1.165, 1.54) is 0 Å². The third-order valence-electron chi connectivity index (χ3n) is 2.42. The fourth-order valence-corrected chi connectivity index (χ4v) is 1.46. The molecule has 0 fully saturated rings. The van der Waals surface area contributed by atoms with Gasteiger partial charge in [0.1, 0.15) is 0 Å². The third kappa shape index (κ3) is 4.00. The highest BCUT2D eigenvalue weighted by Gasteiger charge is 2.21. The van der Waals surface area contributed by atoms with Crippen LogP contribution in [0.15, 0.2) is 30.3 Å². The van der Waals surface area contributed by atoms with Crippen molar-refractivity contribution in [3.63, 3.8) is 0 Å². The van der Waals surface area contributed by atoms with Crippen LogP contribution < -0.4 is 11.1 Å². The molecule has 0 spiro atoms. The van der Waals surface area contributed by atoms with Crippen molar-refractivity contribution in [2.75, 3.05) is 19.6 Å². The Balaban J connectivity index is 2.45. The van der Waals surface area contributed by atoms with Crippen LogP contribution in [0.2, 0.25) is 0 Å². The zero-order valence-corrected chi connectivity index (χ0v) is 9.24. The minimum atomic E-state index is -0.810. The molecule has 1 rings (SSSR count). The molecule has 0 aliphatic heterocycles. The summed E-state index contributed by atoms with van der Waals surface area (Å²) in [4.78, 5) is 0. The minimum Gasteiger partial charge on any atom is -0.384 e. The highest BCUT2D eigenvalue weighted by Crippen LogP contribution is 2.18. The molecule has 3 heteroatoms. The normalized spacial score (nSPS) is 14.9. The van der Waals surface area contributed by atoms with Gasteiger partial charge in [-0.1, -0.05) is 30.3 Å². The van der Waals surface area contributed by atoms with Gasteiger partial charge in [-0.3, -0.25) is 0 Å². The molecule has 0 aliphatic carbocycles. The number of hydrogen-bond acceptors (Lipinski definition) is 3. The van der Waals surface area contributed by atoms with E-state index < -0.39 is 5.60 Å². The van der Waals surface area contributed by atoms with Gasteiger partial charge < -0.3 is 16.2 Å². The Morgan fingerprint density at radius 2 is 2.00 bits per heavy atom. The van der Waals surface area contributed by atoms with Gasteiger partial charge in [-0.25, -0.2) is 0 Å². The predicted octanol–water partition coefficient (Wildman–Crippen LogP) is 0.833. The Labute approximate surface area is 91.3 Å². The molecule has 84 valence electrons. The van der Waals surface area contributed by atoms with Crippen LogP contribution in [0.3, 0.4) is 0 Å². The molecule has 0 heterocycles. The first-order valence-electron chi connectivity index (χ1n) is 5.35. The van der Waals surface area contributed by atoms with Crippen LogP contribution in [-0.4, -0.2) is 24.7 Å². The maximum Gasteiger partial charge on any atom is 0.0992 e. The highest BCUT2D eigenvalue weighted by molar-refractivity contribution is 5.21. The first-order valence-corrected chi connectivity index (χ1v) is 5.35. The standard InChI is InChI=1S/C12H20N2O/c1-12(15,10-14-9-5-8-13)11-6-3-2-4-7-11/h2-4,6-7,14-15H,5,8-10,13H2,1H3. The van der Waals surface area contributed by atoms with Crippen molar-refractivity contribution < 1.29 is 5.11 Å². The van der Waals surface area contributed by atoms with Gasteiger partial charge in [0.2, 0.25) is 0 Å². The molecule has 0 radical (unpaired) electrons. The maximum absolute atomic E-state index is 10.2. The van der Waals surface area contributed by atoms with Gasteiger partial charge in [-0.15, -0.1) is 0 Å². The van der Waals surface area contributed by atoms with E-state index in [0.717, 1.165) is 18.5 Å². The average molecular weight is 208 g/mol. The van der Waals surface area contributed by atoms with E-state index in [4.69, 9.17) is 5.73 Å². The molecule has 1 atom stereocenters. The van der Waals surface area contributed by atoms with Crippen molar-refractivity contribution in [3.8, 4) is 0 Å². The van der Waals surface area contributed by atoms with Crippen LogP contribution >= 0.6 is 0 Å². The molecule has 0 aliphatic rings. The zero-order valence-electron chi connectivity index (χ0n) is 9.24. The summed E-state index contributed by atoms with van der Waals surface area (Å²) >= 11 is 0. The van der Waals surface area contributed by atoms with Crippen LogP contribution in [0.5, 0.6) is 0 Å². The molecule has 1 aromatic carbocycles. The van der Waals surface area contributed by atoms with E-state index in [1.54, 1.807) is 0 Å². The van der Waals surface area contributed by atoms with E-state index in [0.29, 0.717) is 13.1 Å². The molecule has 3 nitrogen and oxygen atoms in total. The average Bonchev–Trinajstić information content (AvgIpc) is 2.26. The summed E-state index contributed by atoms with van der Waals surface area (Å²) in [7, 11) is 0. The van der Waals surface area contributed by atoms with Crippen molar-refractivity contribution in [1.82, 2.24) is 5.32 Å². The molecular weight excluding hydrogens is 188 g/mol. The first kappa shape index (κ1) is 12.2. The van der Waals surface area contributed by atoms with Crippen molar-refractivity contribution in [2.24, 2.45) is 5.73 Å². The Morgan fingerprint density at radius 3 is 2.60 bits per heavy atom. The molecule has 0 amide bonds. The molecule has 15 heavy (non-hydrogen) atoms. The van der Waals surface area contributed by atoms with Gasteiger partial charge in [-0.05, 0) is 32.0 Å². The van der Waals surface area contributed by atoms with Gasteiger partial charge in [0.25, 0.3) is 0 Å². The third-order valence-corrected chi connectivity index (χ3v) is 2.42. The summed E-state index contributed by atoms with van der Waals surface area (Å²) in [5, 5.41) is 13.4. The summed E-state index contributed by atoms with van der Waals surface area (Å²) in [6.45, 7) is 3.90. The molecule has 4 N–H and O–H groups in total. The lowest BCUT2D eigenvalue weighted by molar-refractivity contribution is 0.0572. The van der Waals surface area contributed by atoms with E-state index >= 15 is 0 Å². The van der Waals surface area contributed by atoms with Crippen LogP contribution in [-0.2, 0) is 5.60 Å². The second-order valence-electron chi connectivity index (χ2n) is 3.96. The topological polar surface area (TPSA) is 58.3 Å². The summed E-state index contributed by atoms with van der Waals surface area (Å²) in [6, 6.07) is 9.68. The van der Waals surface area contributed by atoms with Gasteiger partial charge in [0, 0.05) is 6.54 Å². The predicted molar refractivity (Wildman–Crippen MR) is 62.6 cm³/mol. The quantitative estimate of drug-likeness (QED) is 0.607. The summed E-state index contributed by atoms with van der Waals surface area (Å²) in [5.41, 5.74) is 5.51. The number of hydrogen-bond donors (Lipinski definition) is 3. The van der Waals surface area contributed by atoms with E-state index in [2.05, 4.69) is 5.32 Å². The fourth-order valence-electron chi connectivity index (χ4n) is 1.46. The molecular formula is C12H20N2O. The monoisotopic (exact) mass is 208 g/mol. The molecule has 0 saturated carbocycles. The van der Waals surface area contributed by atoms with Gasteiger partial charge in [0.05, 0.1) is 5.60 Å². The molecule has 0 saturated heterocycles. The molecule has 1 unspecified atom stereocenters. The second-order valence-corrected chi connectivity index (χ2v) is 3.96. The van der Waals surface area contributed by atoms with Crippen molar-refractivity contribution in [3.05, 3.63) is 35.9 Å². The lowest BCUT2D eigenvalue weighted by atomic mass is 9.96. The van der Waals surface area contributed by atoms with Crippen LogP contribution in [0.1, 0.15) is 18.9 Å². The van der Waals surface area contributed by atoms with E-state index in [1.807, 2.05) is 37.3 Å². The first-order chi connectivity index (χ1) is 7.17. The van der Waals surface area contributed by atoms with E-state index in [9.17, 15) is 5.11 Å². The van der Waals surface area contributed by atoms with Crippen molar-refractivity contribution in [2.45, 2.75) is 18.9 Å². The molecule has 0 bridgehead atoms. The van der Waals surface area contributed by atoms with Crippen LogP contribution in [0.25, 0.3) is 0 Å². The van der Waals surface area contributed by atoms with Crippen LogP contribution in [0, 0.1) is 0 Å². The van der Waals surface area contributed by atoms with Crippen molar-refractivity contribution >= 4 is 0 Å². The molecule has 0 aromatic heterocycles. The lowest BCUT2D eigenvalue weighted by Crippen LogP contribution is -2.36. The summed E-state index contributed by atoms with van der Waals surface area (Å²) < 4.78 is 0. The van der Waals surface area contributed by atoms with E-state index in [-0.39, 0.29) is 0 Å². The lowest BCUT2D eigenvalue weighted by Gasteiger charge is -2.24. The Kier molecular flexibility index (Phi) is 4.75. The number of rotatable bonds is 6. The Bertz CT molecular complexity index is 272. The number of nitrogens with one attached hydrogen (secondary N) is 1. The Hall–Kier alpha value is -0.900. The fraction of sp³-hybridized carbons (Fsp3) is 0.500. The number of aliphatic hydroxyl groups is 1. The van der Waals surface area contributed by atoms with Crippen LogP contribution in [0.4, 0.5) is 0 Å². The number of nitrogens with two attached hydrogens (primary N) is 1. The Morgan fingerprint density at radius 1 is 1.33 bits per heavy atom. The number of benzene rings is 1. The van der Waals surface area contributed by atoms with Gasteiger partial charge >= 0.3 is 0 Å². The minimum absolute atomic E-state index is 0.553. The summed E-state index contributed by atoms with van der Waals surface area (Å²) in [5.74, 6) is 0. The van der Waals surface area contributed by atoms with Gasteiger partial charge in [0.15, 0.2) is 0 Å². The largest absolute Gasteiger partial charge is 0.384 e. The summed E-state index contributed by atoms with van der Waals surface area (Å²) in [6.07, 6.45) is 0.935. The zero-order chi connectivity index (χ0) is 11.1. The van der Waals surface area contributed by atoms with Gasteiger partial charge in [-0.2, -0.15) is 0 Å². The highest BCUT2D eigenvalue weighted by atomic mass is 16.3.